The van der Waals surface area contributed by atoms with Crippen LogP contribution in [0.5, 0.6) is 0 Å². The number of nitrogens with zero attached hydrogens (tertiary/aromatic N) is 1. The van der Waals surface area contributed by atoms with Gasteiger partial charge in [-0.3, -0.25) is 0 Å². The van der Waals surface area contributed by atoms with Crippen molar-refractivity contribution in [1.29, 1.82) is 0 Å². The minimum atomic E-state index is 0.862. The monoisotopic (exact) mass is 139 g/mol. The zero-order chi connectivity index (χ0) is 7.40. The third kappa shape index (κ3) is 2.05. The Hall–Kier alpha value is -0.460. The molecule has 0 saturated carbocycles. The quantitative estimate of drug-likeness (QED) is 0.538. The molecule has 1 heterocycles. The standard InChI is InChI=1S/C9H17N/c1-3-10-7-5-4-6-9(2)8-10/h3,9H,1,4-8H2,2H3. The van der Waals surface area contributed by atoms with Gasteiger partial charge in [0.1, 0.15) is 0 Å². The van der Waals surface area contributed by atoms with Gasteiger partial charge in [0.2, 0.25) is 0 Å². The minimum absolute atomic E-state index is 0.862. The third-order valence-electron chi connectivity index (χ3n) is 2.20. The van der Waals surface area contributed by atoms with Crippen molar-refractivity contribution in [3.05, 3.63) is 12.8 Å². The molecule has 0 aromatic heterocycles. The average molecular weight is 139 g/mol. The van der Waals surface area contributed by atoms with E-state index >= 15 is 0 Å². The average Bonchev–Trinajstić information content (AvgIpc) is 2.13. The van der Waals surface area contributed by atoms with Crippen LogP contribution in [0, 0.1) is 5.92 Å². The fraction of sp³-hybridized carbons (Fsp3) is 0.778. The summed E-state index contributed by atoms with van der Waals surface area (Å²) in [5, 5.41) is 0. The van der Waals surface area contributed by atoms with E-state index in [2.05, 4.69) is 18.4 Å². The van der Waals surface area contributed by atoms with Crippen LogP contribution in [0.3, 0.4) is 0 Å². The van der Waals surface area contributed by atoms with Crippen LogP contribution in [-0.4, -0.2) is 18.0 Å². The molecule has 0 aromatic carbocycles. The summed E-state index contributed by atoms with van der Waals surface area (Å²) in [7, 11) is 0. The van der Waals surface area contributed by atoms with Crippen LogP contribution in [-0.2, 0) is 0 Å². The third-order valence-corrected chi connectivity index (χ3v) is 2.20. The van der Waals surface area contributed by atoms with Gasteiger partial charge < -0.3 is 4.90 Å². The number of hydrogen-bond acceptors (Lipinski definition) is 1. The largest absolute Gasteiger partial charge is 0.378 e. The molecule has 1 saturated heterocycles. The van der Waals surface area contributed by atoms with Crippen molar-refractivity contribution in [2.75, 3.05) is 13.1 Å². The molecule has 1 heteroatoms. The summed E-state index contributed by atoms with van der Waals surface area (Å²) in [6, 6.07) is 0. The van der Waals surface area contributed by atoms with Gasteiger partial charge in [0.05, 0.1) is 0 Å². The maximum atomic E-state index is 3.79. The van der Waals surface area contributed by atoms with Crippen LogP contribution >= 0.6 is 0 Å². The molecular weight excluding hydrogens is 122 g/mol. The lowest BCUT2D eigenvalue weighted by molar-refractivity contribution is 0.346. The summed E-state index contributed by atoms with van der Waals surface area (Å²) in [5.74, 6) is 0.862. The van der Waals surface area contributed by atoms with Gasteiger partial charge in [-0.15, -0.1) is 0 Å². The fourth-order valence-corrected chi connectivity index (χ4v) is 1.56. The maximum absolute atomic E-state index is 3.79. The predicted molar refractivity (Wildman–Crippen MR) is 44.8 cm³/mol. The Morgan fingerprint density at radius 3 is 3.00 bits per heavy atom. The molecule has 10 heavy (non-hydrogen) atoms. The molecule has 1 nitrogen and oxygen atoms in total. The maximum Gasteiger partial charge on any atom is 0.0197 e. The van der Waals surface area contributed by atoms with E-state index in [0.717, 1.165) is 5.92 Å². The van der Waals surface area contributed by atoms with Crippen LogP contribution in [0.25, 0.3) is 0 Å². The second-order valence-electron chi connectivity index (χ2n) is 3.28. The SMILES string of the molecule is C=CN1CCCCC(C)C1. The Balaban J connectivity index is 2.37. The molecule has 0 N–H and O–H groups in total. The molecule has 1 rings (SSSR count). The first kappa shape index (κ1) is 7.64. The van der Waals surface area contributed by atoms with Crippen molar-refractivity contribution in [3.8, 4) is 0 Å². The van der Waals surface area contributed by atoms with Gasteiger partial charge in [-0.05, 0) is 25.0 Å². The summed E-state index contributed by atoms with van der Waals surface area (Å²) in [6.07, 6.45) is 6.11. The molecule has 0 bridgehead atoms. The van der Waals surface area contributed by atoms with Gasteiger partial charge in [0.15, 0.2) is 0 Å². The van der Waals surface area contributed by atoms with Crippen molar-refractivity contribution in [2.24, 2.45) is 5.92 Å². The highest BCUT2D eigenvalue weighted by Gasteiger charge is 2.10. The lowest BCUT2D eigenvalue weighted by atomic mass is 10.1. The molecule has 1 aliphatic heterocycles. The highest BCUT2D eigenvalue weighted by Crippen LogP contribution is 2.14. The van der Waals surface area contributed by atoms with E-state index < -0.39 is 0 Å². The molecule has 1 fully saturated rings. The molecule has 58 valence electrons. The first-order valence-corrected chi connectivity index (χ1v) is 4.19. The zero-order valence-corrected chi connectivity index (χ0v) is 6.84. The zero-order valence-electron chi connectivity index (χ0n) is 6.84. The molecule has 1 atom stereocenters. The fourth-order valence-electron chi connectivity index (χ4n) is 1.56. The smallest absolute Gasteiger partial charge is 0.0197 e. The Morgan fingerprint density at radius 2 is 2.30 bits per heavy atom. The number of rotatable bonds is 1. The summed E-state index contributed by atoms with van der Waals surface area (Å²) in [5.41, 5.74) is 0. The lowest BCUT2D eigenvalue weighted by Gasteiger charge is -2.19. The summed E-state index contributed by atoms with van der Waals surface area (Å²) >= 11 is 0. The minimum Gasteiger partial charge on any atom is -0.378 e. The second kappa shape index (κ2) is 3.65. The molecule has 0 aromatic rings. The highest BCUT2D eigenvalue weighted by atomic mass is 15.1. The van der Waals surface area contributed by atoms with Gasteiger partial charge >= 0.3 is 0 Å². The van der Waals surface area contributed by atoms with E-state index in [1.165, 1.54) is 32.4 Å². The van der Waals surface area contributed by atoms with Gasteiger partial charge in [-0.25, -0.2) is 0 Å². The van der Waals surface area contributed by atoms with Crippen LogP contribution < -0.4 is 0 Å². The van der Waals surface area contributed by atoms with E-state index in [1.807, 2.05) is 6.20 Å². The first-order valence-electron chi connectivity index (χ1n) is 4.19. The second-order valence-corrected chi connectivity index (χ2v) is 3.28. The molecule has 1 unspecified atom stereocenters. The Labute approximate surface area is 63.7 Å². The molecule has 1 aliphatic rings. The summed E-state index contributed by atoms with van der Waals surface area (Å²) in [4.78, 5) is 2.33. The molecule has 0 aliphatic carbocycles. The summed E-state index contributed by atoms with van der Waals surface area (Å²) < 4.78 is 0. The Morgan fingerprint density at radius 1 is 1.50 bits per heavy atom. The summed E-state index contributed by atoms with van der Waals surface area (Å²) in [6.45, 7) is 8.54. The van der Waals surface area contributed by atoms with Gasteiger partial charge in [-0.1, -0.05) is 19.9 Å². The molecular formula is C9H17N. The van der Waals surface area contributed by atoms with Crippen molar-refractivity contribution >= 4 is 0 Å². The first-order chi connectivity index (χ1) is 4.83. The van der Waals surface area contributed by atoms with E-state index in [-0.39, 0.29) is 0 Å². The Kier molecular flexibility index (Phi) is 2.79. The van der Waals surface area contributed by atoms with Crippen LogP contribution in [0.15, 0.2) is 12.8 Å². The van der Waals surface area contributed by atoms with Crippen molar-refractivity contribution in [2.45, 2.75) is 26.2 Å². The Bertz CT molecular complexity index is 109. The van der Waals surface area contributed by atoms with Gasteiger partial charge in [0, 0.05) is 13.1 Å². The topological polar surface area (TPSA) is 3.24 Å². The number of likely N-dealkylation sites (tertiary alicyclic amines) is 1. The van der Waals surface area contributed by atoms with Crippen LogP contribution in [0.1, 0.15) is 26.2 Å². The molecule has 0 radical (unpaired) electrons. The van der Waals surface area contributed by atoms with E-state index in [1.54, 1.807) is 0 Å². The van der Waals surface area contributed by atoms with Crippen LogP contribution in [0.4, 0.5) is 0 Å². The molecule has 0 amide bonds. The van der Waals surface area contributed by atoms with Crippen LogP contribution in [0.2, 0.25) is 0 Å². The van der Waals surface area contributed by atoms with Crippen molar-refractivity contribution in [1.82, 2.24) is 4.90 Å². The number of hydrogen-bond donors (Lipinski definition) is 0. The van der Waals surface area contributed by atoms with Gasteiger partial charge in [-0.2, -0.15) is 0 Å². The van der Waals surface area contributed by atoms with E-state index in [0.29, 0.717) is 0 Å². The molecule has 0 spiro atoms. The van der Waals surface area contributed by atoms with Gasteiger partial charge in [0.25, 0.3) is 0 Å². The van der Waals surface area contributed by atoms with Crippen molar-refractivity contribution in [3.63, 3.8) is 0 Å². The van der Waals surface area contributed by atoms with Crippen molar-refractivity contribution < 1.29 is 0 Å². The van der Waals surface area contributed by atoms with E-state index in [9.17, 15) is 0 Å². The highest BCUT2D eigenvalue weighted by molar-refractivity contribution is 4.75. The normalized spacial score (nSPS) is 27.7. The lowest BCUT2D eigenvalue weighted by Crippen LogP contribution is -2.21. The van der Waals surface area contributed by atoms with E-state index in [4.69, 9.17) is 0 Å². The predicted octanol–water partition coefficient (Wildman–Crippen LogP) is 2.25.